The quantitative estimate of drug-likeness (QED) is 0.373. The Morgan fingerprint density at radius 2 is 1.82 bits per heavy atom. The van der Waals surface area contributed by atoms with Crippen molar-refractivity contribution in [2.75, 3.05) is 7.11 Å². The summed E-state index contributed by atoms with van der Waals surface area (Å²) in [5.41, 5.74) is 2.26. The van der Waals surface area contributed by atoms with Crippen LogP contribution >= 0.6 is 0 Å². The van der Waals surface area contributed by atoms with Gasteiger partial charge in [0.2, 0.25) is 0 Å². The predicted octanol–water partition coefficient (Wildman–Crippen LogP) is 6.39. The molecule has 0 saturated heterocycles. The fourth-order valence-electron chi connectivity index (χ4n) is 3.92. The zero-order chi connectivity index (χ0) is 24.0. The van der Waals surface area contributed by atoms with E-state index in [1.807, 2.05) is 31.2 Å². The van der Waals surface area contributed by atoms with Gasteiger partial charge in [-0.05, 0) is 59.9 Å². The Hall–Kier alpha value is -3.54. The van der Waals surface area contributed by atoms with E-state index in [9.17, 15) is 19.4 Å². The van der Waals surface area contributed by atoms with Crippen molar-refractivity contribution in [2.24, 2.45) is 5.92 Å². The van der Waals surface area contributed by atoms with E-state index in [4.69, 9.17) is 9.47 Å². The Balaban J connectivity index is 1.76. The van der Waals surface area contributed by atoms with Crippen LogP contribution in [0.25, 0.3) is 11.1 Å². The number of halogens is 1. The summed E-state index contributed by atoms with van der Waals surface area (Å²) in [6.45, 7) is 3.96. The van der Waals surface area contributed by atoms with Crippen LogP contribution in [-0.2, 0) is 11.4 Å². The number of rotatable bonds is 10. The summed E-state index contributed by atoms with van der Waals surface area (Å²) in [5.74, 6) is -0.814. The number of phenolic OH excluding ortho intramolecular Hbond substituents is 1. The molecule has 0 saturated carbocycles. The Morgan fingerprint density at radius 3 is 2.48 bits per heavy atom. The standard InChI is InChI=1S/C27H29FO5/c1-4-6-22(17(2)27(30)31)19-7-5-8-21(14-19)33-16-18-9-11-23(26(29)13-18)24-15-20(32-3)10-12-25(24)28/h5,7-15,17,22,29H,4,6,16H2,1-3H3,(H,30,31)/t17?,22-/m0/s1. The summed E-state index contributed by atoms with van der Waals surface area (Å²) < 4.78 is 25.3. The highest BCUT2D eigenvalue weighted by atomic mass is 19.1. The molecule has 0 spiro atoms. The fourth-order valence-corrected chi connectivity index (χ4v) is 3.92. The van der Waals surface area contributed by atoms with E-state index >= 15 is 0 Å². The normalized spacial score (nSPS) is 12.7. The number of aliphatic carboxylic acids is 1. The van der Waals surface area contributed by atoms with Gasteiger partial charge in [-0.15, -0.1) is 0 Å². The summed E-state index contributed by atoms with van der Waals surface area (Å²) in [7, 11) is 1.50. The average molecular weight is 453 g/mol. The molecule has 0 fully saturated rings. The summed E-state index contributed by atoms with van der Waals surface area (Å²) in [4.78, 5) is 11.5. The van der Waals surface area contributed by atoms with Crippen molar-refractivity contribution in [1.29, 1.82) is 0 Å². The van der Waals surface area contributed by atoms with Crippen LogP contribution in [0.15, 0.2) is 60.7 Å². The molecule has 0 aliphatic rings. The van der Waals surface area contributed by atoms with E-state index in [0.717, 1.165) is 18.4 Å². The maximum absolute atomic E-state index is 14.3. The van der Waals surface area contributed by atoms with Gasteiger partial charge in [0.15, 0.2) is 0 Å². The maximum Gasteiger partial charge on any atom is 0.306 e. The third-order valence-corrected chi connectivity index (χ3v) is 5.81. The number of hydrogen-bond donors (Lipinski definition) is 2. The van der Waals surface area contributed by atoms with E-state index in [-0.39, 0.29) is 23.8 Å². The third-order valence-electron chi connectivity index (χ3n) is 5.81. The number of hydrogen-bond acceptors (Lipinski definition) is 4. The van der Waals surface area contributed by atoms with Crippen molar-refractivity contribution in [2.45, 2.75) is 39.2 Å². The van der Waals surface area contributed by atoms with Crippen LogP contribution in [0.3, 0.4) is 0 Å². The minimum Gasteiger partial charge on any atom is -0.507 e. The first-order valence-corrected chi connectivity index (χ1v) is 10.9. The van der Waals surface area contributed by atoms with Crippen molar-refractivity contribution in [3.05, 3.63) is 77.6 Å². The Morgan fingerprint density at radius 1 is 1.03 bits per heavy atom. The number of benzene rings is 3. The molecule has 0 aromatic heterocycles. The highest BCUT2D eigenvalue weighted by molar-refractivity contribution is 5.72. The highest BCUT2D eigenvalue weighted by Gasteiger charge is 2.24. The number of methoxy groups -OCH3 is 1. The molecular formula is C27H29FO5. The molecule has 2 N–H and O–H groups in total. The molecule has 0 heterocycles. The minimum atomic E-state index is -0.817. The molecule has 0 aliphatic heterocycles. The van der Waals surface area contributed by atoms with Crippen LogP contribution < -0.4 is 9.47 Å². The Labute approximate surface area is 193 Å². The van der Waals surface area contributed by atoms with Crippen LogP contribution in [0, 0.1) is 11.7 Å². The molecule has 6 heteroatoms. The molecule has 0 bridgehead atoms. The van der Waals surface area contributed by atoms with Crippen LogP contribution in [-0.4, -0.2) is 23.3 Å². The Kier molecular flexibility index (Phi) is 7.93. The molecule has 5 nitrogen and oxygen atoms in total. The zero-order valence-electron chi connectivity index (χ0n) is 19.0. The zero-order valence-corrected chi connectivity index (χ0v) is 19.0. The fraction of sp³-hybridized carbons (Fsp3) is 0.296. The molecule has 174 valence electrons. The second-order valence-electron chi connectivity index (χ2n) is 8.08. The number of ether oxygens (including phenoxy) is 2. The minimum absolute atomic E-state index is 0.0599. The first kappa shape index (κ1) is 24.1. The van der Waals surface area contributed by atoms with Crippen molar-refractivity contribution in [3.8, 4) is 28.4 Å². The van der Waals surface area contributed by atoms with E-state index in [1.54, 1.807) is 25.1 Å². The second kappa shape index (κ2) is 10.9. The van der Waals surface area contributed by atoms with Gasteiger partial charge in [0, 0.05) is 11.1 Å². The van der Waals surface area contributed by atoms with Gasteiger partial charge >= 0.3 is 5.97 Å². The van der Waals surface area contributed by atoms with Crippen molar-refractivity contribution >= 4 is 5.97 Å². The molecular weight excluding hydrogens is 423 g/mol. The maximum atomic E-state index is 14.3. The molecule has 33 heavy (non-hydrogen) atoms. The smallest absolute Gasteiger partial charge is 0.306 e. The average Bonchev–Trinajstić information content (AvgIpc) is 2.81. The lowest BCUT2D eigenvalue weighted by Gasteiger charge is -2.21. The SMILES string of the molecule is CCC[C@H](c1cccc(OCc2ccc(-c3cc(OC)ccc3F)c(O)c2)c1)C(C)C(=O)O. The summed E-state index contributed by atoms with van der Waals surface area (Å²) >= 11 is 0. The van der Waals surface area contributed by atoms with Gasteiger partial charge in [0.25, 0.3) is 0 Å². The van der Waals surface area contributed by atoms with Crippen molar-refractivity contribution in [3.63, 3.8) is 0 Å². The van der Waals surface area contributed by atoms with Crippen LogP contribution in [0.1, 0.15) is 43.7 Å². The van der Waals surface area contributed by atoms with Gasteiger partial charge in [-0.3, -0.25) is 4.79 Å². The second-order valence-corrected chi connectivity index (χ2v) is 8.08. The van der Waals surface area contributed by atoms with Crippen LogP contribution in [0.2, 0.25) is 0 Å². The van der Waals surface area contributed by atoms with E-state index < -0.39 is 17.7 Å². The monoisotopic (exact) mass is 452 g/mol. The van der Waals surface area contributed by atoms with Gasteiger partial charge in [0.05, 0.1) is 13.0 Å². The molecule has 3 aromatic rings. The van der Waals surface area contributed by atoms with Gasteiger partial charge < -0.3 is 19.7 Å². The van der Waals surface area contributed by atoms with E-state index in [1.165, 1.54) is 25.3 Å². The first-order chi connectivity index (χ1) is 15.8. The lowest BCUT2D eigenvalue weighted by Crippen LogP contribution is -2.19. The lowest BCUT2D eigenvalue weighted by molar-refractivity contribution is -0.142. The molecule has 0 aliphatic carbocycles. The molecule has 1 unspecified atom stereocenters. The topological polar surface area (TPSA) is 76.0 Å². The number of aromatic hydroxyl groups is 1. The number of carbonyl (C=O) groups is 1. The first-order valence-electron chi connectivity index (χ1n) is 10.9. The van der Waals surface area contributed by atoms with Gasteiger partial charge in [-0.2, -0.15) is 0 Å². The van der Waals surface area contributed by atoms with Gasteiger partial charge in [-0.1, -0.05) is 44.5 Å². The summed E-state index contributed by atoms with van der Waals surface area (Å²) in [5, 5.41) is 20.0. The number of carboxylic acid groups (broad SMARTS) is 1. The molecule has 0 amide bonds. The van der Waals surface area contributed by atoms with Gasteiger partial charge in [-0.25, -0.2) is 4.39 Å². The number of phenols is 1. The molecule has 2 atom stereocenters. The third kappa shape index (κ3) is 5.83. The van der Waals surface area contributed by atoms with Crippen molar-refractivity contribution < 1.29 is 28.9 Å². The van der Waals surface area contributed by atoms with E-state index in [2.05, 4.69) is 0 Å². The predicted molar refractivity (Wildman–Crippen MR) is 125 cm³/mol. The molecule has 0 radical (unpaired) electrons. The lowest BCUT2D eigenvalue weighted by atomic mass is 9.84. The molecule has 3 aromatic carbocycles. The van der Waals surface area contributed by atoms with Crippen LogP contribution in [0.4, 0.5) is 4.39 Å². The largest absolute Gasteiger partial charge is 0.507 e. The van der Waals surface area contributed by atoms with E-state index in [0.29, 0.717) is 22.6 Å². The van der Waals surface area contributed by atoms with Crippen LogP contribution in [0.5, 0.6) is 17.2 Å². The summed E-state index contributed by atoms with van der Waals surface area (Å²) in [6.07, 6.45) is 1.65. The number of carboxylic acids is 1. The van der Waals surface area contributed by atoms with Crippen molar-refractivity contribution in [1.82, 2.24) is 0 Å². The molecule has 3 rings (SSSR count). The summed E-state index contributed by atoms with van der Waals surface area (Å²) in [6, 6.07) is 16.8. The van der Waals surface area contributed by atoms with Gasteiger partial charge in [0.1, 0.15) is 29.7 Å². The highest BCUT2D eigenvalue weighted by Crippen LogP contribution is 2.35. The Bertz CT molecular complexity index is 1110.